The van der Waals surface area contributed by atoms with Gasteiger partial charge in [-0.25, -0.2) is 0 Å². The third kappa shape index (κ3) is 4.75. The number of amides is 2. The Kier molecular flexibility index (Phi) is 6.19. The van der Waals surface area contributed by atoms with Gasteiger partial charge in [0.15, 0.2) is 0 Å². The van der Waals surface area contributed by atoms with Gasteiger partial charge in [0, 0.05) is 53.7 Å². The van der Waals surface area contributed by atoms with E-state index in [1.165, 1.54) is 0 Å². The monoisotopic (exact) mass is 469 g/mol. The summed E-state index contributed by atoms with van der Waals surface area (Å²) in [7, 11) is 0. The number of nitrogens with one attached hydrogen (secondary N) is 1. The lowest BCUT2D eigenvalue weighted by molar-refractivity contribution is 0.0746. The normalized spacial score (nSPS) is 13.7. The largest absolute Gasteiger partial charge is 0.368 e. The van der Waals surface area contributed by atoms with Crippen molar-refractivity contribution in [2.24, 2.45) is 0 Å². The molecule has 0 aromatic heterocycles. The highest BCUT2D eigenvalue weighted by atomic mass is 35.5. The Hall–Kier alpha value is -3.83. The van der Waals surface area contributed by atoms with Crippen molar-refractivity contribution in [2.75, 3.05) is 36.4 Å². The molecule has 2 amide bonds. The van der Waals surface area contributed by atoms with E-state index < -0.39 is 0 Å². The average Bonchev–Trinajstić information content (AvgIpc) is 2.89. The number of nitrogens with zero attached hydrogens (tertiary/aromatic N) is 2. The number of fused-ring (bicyclic) bond motifs is 1. The summed E-state index contributed by atoms with van der Waals surface area (Å²) >= 11 is 5.93. The number of anilines is 2. The van der Waals surface area contributed by atoms with Crippen molar-refractivity contribution in [1.29, 1.82) is 0 Å². The molecule has 4 aromatic rings. The quantitative estimate of drug-likeness (QED) is 0.416. The van der Waals surface area contributed by atoms with Gasteiger partial charge >= 0.3 is 0 Å². The first kappa shape index (κ1) is 22.0. The highest BCUT2D eigenvalue weighted by molar-refractivity contribution is 6.30. The van der Waals surface area contributed by atoms with E-state index in [0.29, 0.717) is 29.2 Å². The maximum atomic E-state index is 12.7. The van der Waals surface area contributed by atoms with Gasteiger partial charge in [0.05, 0.1) is 0 Å². The van der Waals surface area contributed by atoms with E-state index in [4.69, 9.17) is 11.6 Å². The van der Waals surface area contributed by atoms with Gasteiger partial charge in [-0.3, -0.25) is 9.59 Å². The third-order valence-corrected chi connectivity index (χ3v) is 6.41. The van der Waals surface area contributed by atoms with Crippen LogP contribution in [0.5, 0.6) is 0 Å². The van der Waals surface area contributed by atoms with Crippen LogP contribution in [0.25, 0.3) is 10.8 Å². The zero-order valence-electron chi connectivity index (χ0n) is 18.6. The van der Waals surface area contributed by atoms with Gasteiger partial charge < -0.3 is 15.1 Å². The first-order chi connectivity index (χ1) is 16.6. The number of hydrogen-bond donors (Lipinski definition) is 1. The summed E-state index contributed by atoms with van der Waals surface area (Å²) in [6, 6.07) is 28.6. The van der Waals surface area contributed by atoms with Crippen LogP contribution in [-0.4, -0.2) is 42.9 Å². The highest BCUT2D eigenvalue weighted by Gasteiger charge is 2.22. The van der Waals surface area contributed by atoms with Crippen molar-refractivity contribution < 1.29 is 9.59 Å². The summed E-state index contributed by atoms with van der Waals surface area (Å²) in [5.41, 5.74) is 3.11. The number of halogens is 1. The number of piperazine rings is 1. The number of hydrogen-bond acceptors (Lipinski definition) is 3. The van der Waals surface area contributed by atoms with Crippen LogP contribution in [-0.2, 0) is 0 Å². The number of benzene rings is 4. The van der Waals surface area contributed by atoms with E-state index >= 15 is 0 Å². The van der Waals surface area contributed by atoms with E-state index in [0.717, 1.165) is 35.2 Å². The van der Waals surface area contributed by atoms with Crippen LogP contribution in [0, 0.1) is 0 Å². The van der Waals surface area contributed by atoms with Gasteiger partial charge in [-0.1, -0.05) is 41.9 Å². The number of rotatable bonds is 4. The molecule has 5 rings (SSSR count). The fraction of sp³-hybridized carbons (Fsp3) is 0.143. The van der Waals surface area contributed by atoms with Crippen LogP contribution in [0.1, 0.15) is 20.7 Å². The molecule has 0 bridgehead atoms. The van der Waals surface area contributed by atoms with Crippen LogP contribution in [0.15, 0.2) is 91.0 Å². The average molecular weight is 470 g/mol. The van der Waals surface area contributed by atoms with E-state index in [9.17, 15) is 9.59 Å². The minimum Gasteiger partial charge on any atom is -0.368 e. The zero-order chi connectivity index (χ0) is 23.5. The predicted molar refractivity (Wildman–Crippen MR) is 138 cm³/mol. The molecule has 5 nitrogen and oxygen atoms in total. The first-order valence-electron chi connectivity index (χ1n) is 11.3. The molecule has 1 N–H and O–H groups in total. The molecule has 1 aliphatic rings. The molecule has 1 aliphatic heterocycles. The minimum atomic E-state index is -0.132. The molecule has 170 valence electrons. The Labute approximate surface area is 203 Å². The van der Waals surface area contributed by atoms with Crippen LogP contribution in [0.3, 0.4) is 0 Å². The molecule has 34 heavy (non-hydrogen) atoms. The third-order valence-electron chi connectivity index (χ3n) is 6.16. The van der Waals surface area contributed by atoms with Crippen LogP contribution >= 0.6 is 11.6 Å². The predicted octanol–water partition coefficient (Wildman–Crippen LogP) is 5.71. The van der Waals surface area contributed by atoms with Crippen molar-refractivity contribution in [2.45, 2.75) is 0 Å². The molecule has 4 aromatic carbocycles. The second-order valence-electron chi connectivity index (χ2n) is 8.35. The molecule has 1 saturated heterocycles. The fourth-order valence-corrected chi connectivity index (χ4v) is 4.36. The summed E-state index contributed by atoms with van der Waals surface area (Å²) < 4.78 is 0. The van der Waals surface area contributed by atoms with Gasteiger partial charge in [-0.15, -0.1) is 0 Å². The zero-order valence-corrected chi connectivity index (χ0v) is 19.3. The Bertz CT molecular complexity index is 1330. The summed E-state index contributed by atoms with van der Waals surface area (Å²) in [5.74, 6) is -0.101. The maximum Gasteiger partial charge on any atom is 0.255 e. The summed E-state index contributed by atoms with van der Waals surface area (Å²) in [4.78, 5) is 29.6. The van der Waals surface area contributed by atoms with E-state index in [2.05, 4.69) is 10.2 Å². The van der Waals surface area contributed by atoms with Gasteiger partial charge in [-0.05, 0) is 71.4 Å². The molecular formula is C28H24ClN3O2. The van der Waals surface area contributed by atoms with Crippen molar-refractivity contribution >= 4 is 45.6 Å². The first-order valence-corrected chi connectivity index (χ1v) is 11.6. The maximum absolute atomic E-state index is 12.7. The van der Waals surface area contributed by atoms with Gasteiger partial charge in [-0.2, -0.15) is 0 Å². The molecule has 1 heterocycles. The Balaban J connectivity index is 1.18. The molecule has 0 spiro atoms. The van der Waals surface area contributed by atoms with E-state index in [-0.39, 0.29) is 11.8 Å². The molecule has 0 unspecified atom stereocenters. The molecule has 6 heteroatoms. The van der Waals surface area contributed by atoms with Crippen LogP contribution in [0.4, 0.5) is 11.4 Å². The molecule has 0 saturated carbocycles. The highest BCUT2D eigenvalue weighted by Crippen LogP contribution is 2.22. The Morgan fingerprint density at radius 2 is 1.35 bits per heavy atom. The van der Waals surface area contributed by atoms with Crippen molar-refractivity contribution in [1.82, 2.24) is 4.90 Å². The molecule has 0 atom stereocenters. The van der Waals surface area contributed by atoms with Gasteiger partial charge in [0.25, 0.3) is 11.8 Å². The van der Waals surface area contributed by atoms with Crippen LogP contribution < -0.4 is 10.2 Å². The lowest BCUT2D eigenvalue weighted by atomic mass is 10.1. The lowest BCUT2D eigenvalue weighted by Crippen LogP contribution is -2.48. The fourth-order valence-electron chi connectivity index (χ4n) is 4.23. The van der Waals surface area contributed by atoms with E-state index in [1.807, 2.05) is 71.6 Å². The standard InChI is InChI=1S/C28H24ClN3O2/c29-24-9-7-21(8-10-24)28(34)32-17-15-31(16-18-32)26-13-11-25(12-14-26)30-27(33)23-6-5-20-3-1-2-4-22(20)19-23/h1-14,19H,15-18H2,(H,30,33). The molecule has 0 aliphatic carbocycles. The topological polar surface area (TPSA) is 52.7 Å². The van der Waals surface area contributed by atoms with Crippen molar-refractivity contribution in [3.05, 3.63) is 107 Å². The second kappa shape index (κ2) is 9.57. The molecule has 0 radical (unpaired) electrons. The Morgan fingerprint density at radius 1 is 0.706 bits per heavy atom. The molecular weight excluding hydrogens is 446 g/mol. The number of carbonyl (C=O) groups excluding carboxylic acids is 2. The SMILES string of the molecule is O=C(Nc1ccc(N2CCN(C(=O)c3ccc(Cl)cc3)CC2)cc1)c1ccc2ccccc2c1. The lowest BCUT2D eigenvalue weighted by Gasteiger charge is -2.36. The second-order valence-corrected chi connectivity index (χ2v) is 8.79. The van der Waals surface area contributed by atoms with Gasteiger partial charge in [0.1, 0.15) is 0 Å². The van der Waals surface area contributed by atoms with Crippen molar-refractivity contribution in [3.63, 3.8) is 0 Å². The molecule has 1 fully saturated rings. The smallest absolute Gasteiger partial charge is 0.255 e. The summed E-state index contributed by atoms with van der Waals surface area (Å²) in [5, 5.41) is 5.75. The van der Waals surface area contributed by atoms with Crippen molar-refractivity contribution in [3.8, 4) is 0 Å². The van der Waals surface area contributed by atoms with E-state index in [1.54, 1.807) is 24.3 Å². The number of carbonyl (C=O) groups is 2. The van der Waals surface area contributed by atoms with Gasteiger partial charge in [0.2, 0.25) is 0 Å². The van der Waals surface area contributed by atoms with Crippen LogP contribution in [0.2, 0.25) is 5.02 Å². The summed E-state index contributed by atoms with van der Waals surface area (Å²) in [6.07, 6.45) is 0. The Morgan fingerprint density at radius 3 is 2.06 bits per heavy atom. The summed E-state index contributed by atoms with van der Waals surface area (Å²) in [6.45, 7) is 2.81. The minimum absolute atomic E-state index is 0.0306.